The van der Waals surface area contributed by atoms with Crippen molar-refractivity contribution >= 4 is 17.9 Å². The van der Waals surface area contributed by atoms with Gasteiger partial charge in [-0.15, -0.1) is 0 Å². The summed E-state index contributed by atoms with van der Waals surface area (Å²) in [7, 11) is 0. The number of benzene rings is 3. The standard InChI is InChI=1S/C24H20N4O2/c25-28-27-23-14-6-1-8-17(23)9-7-15-26-24(29)30-16-22-20-12-4-2-10-18(20)19-11-3-5-13-21(19)22/h1-14,22H,15-16H2,(H,26,29). The number of ether oxygens (including phenoxy) is 1. The van der Waals surface area contributed by atoms with Gasteiger partial charge in [-0.25, -0.2) is 4.79 Å². The van der Waals surface area contributed by atoms with E-state index in [0.717, 1.165) is 5.56 Å². The maximum atomic E-state index is 12.2. The number of hydrogen-bond donors (Lipinski definition) is 1. The van der Waals surface area contributed by atoms with Crippen LogP contribution in [0, 0.1) is 0 Å². The van der Waals surface area contributed by atoms with Crippen molar-refractivity contribution in [3.05, 3.63) is 106 Å². The van der Waals surface area contributed by atoms with Gasteiger partial charge in [0.15, 0.2) is 0 Å². The van der Waals surface area contributed by atoms with Crippen molar-refractivity contribution in [3.8, 4) is 11.1 Å². The highest BCUT2D eigenvalue weighted by Gasteiger charge is 2.28. The number of fused-ring (bicyclic) bond motifs is 3. The number of alkyl carbamates (subject to hydrolysis) is 1. The molecule has 148 valence electrons. The molecule has 6 heteroatoms. The number of hydrogen-bond acceptors (Lipinski definition) is 3. The molecule has 0 heterocycles. The van der Waals surface area contributed by atoms with Crippen molar-refractivity contribution in [2.75, 3.05) is 13.2 Å². The highest BCUT2D eigenvalue weighted by Crippen LogP contribution is 2.44. The van der Waals surface area contributed by atoms with E-state index < -0.39 is 6.09 Å². The third kappa shape index (κ3) is 4.04. The summed E-state index contributed by atoms with van der Waals surface area (Å²) < 4.78 is 5.50. The monoisotopic (exact) mass is 396 g/mol. The van der Waals surface area contributed by atoms with Crippen molar-refractivity contribution in [2.24, 2.45) is 5.11 Å². The van der Waals surface area contributed by atoms with Crippen molar-refractivity contribution in [1.82, 2.24) is 5.32 Å². The minimum Gasteiger partial charge on any atom is -0.449 e. The summed E-state index contributed by atoms with van der Waals surface area (Å²) in [5, 5.41) is 6.37. The van der Waals surface area contributed by atoms with Crippen LogP contribution in [0.15, 0.2) is 84.0 Å². The van der Waals surface area contributed by atoms with Crippen LogP contribution in [0.4, 0.5) is 10.5 Å². The van der Waals surface area contributed by atoms with Crippen LogP contribution in [0.3, 0.4) is 0 Å². The predicted octanol–water partition coefficient (Wildman–Crippen LogP) is 6.18. The Hall–Kier alpha value is -4.02. The molecular weight excluding hydrogens is 376 g/mol. The summed E-state index contributed by atoms with van der Waals surface area (Å²) in [6.45, 7) is 0.588. The Morgan fingerprint density at radius 3 is 2.33 bits per heavy atom. The lowest BCUT2D eigenvalue weighted by molar-refractivity contribution is 0.144. The fourth-order valence-corrected chi connectivity index (χ4v) is 3.75. The second-order valence-corrected chi connectivity index (χ2v) is 6.86. The minimum atomic E-state index is -0.468. The molecule has 0 spiro atoms. The number of nitrogens with zero attached hydrogens (tertiary/aromatic N) is 3. The topological polar surface area (TPSA) is 87.1 Å². The zero-order chi connectivity index (χ0) is 20.8. The molecule has 1 amide bonds. The van der Waals surface area contributed by atoms with Crippen LogP contribution in [0.2, 0.25) is 0 Å². The lowest BCUT2D eigenvalue weighted by Crippen LogP contribution is -2.26. The van der Waals surface area contributed by atoms with E-state index in [2.05, 4.69) is 39.6 Å². The van der Waals surface area contributed by atoms with E-state index in [1.807, 2.05) is 36.4 Å². The number of azide groups is 1. The van der Waals surface area contributed by atoms with Gasteiger partial charge in [0.05, 0.1) is 0 Å². The van der Waals surface area contributed by atoms with Crippen LogP contribution in [0.5, 0.6) is 0 Å². The van der Waals surface area contributed by atoms with Gasteiger partial charge >= 0.3 is 6.09 Å². The van der Waals surface area contributed by atoms with Crippen LogP contribution in [0.1, 0.15) is 22.6 Å². The summed E-state index contributed by atoms with van der Waals surface area (Å²) in [4.78, 5) is 15.0. The van der Waals surface area contributed by atoms with Crippen molar-refractivity contribution in [3.63, 3.8) is 0 Å². The largest absolute Gasteiger partial charge is 0.449 e. The molecule has 4 rings (SSSR count). The molecule has 0 aromatic heterocycles. The lowest BCUT2D eigenvalue weighted by atomic mass is 9.98. The molecule has 0 aliphatic heterocycles. The molecule has 0 bridgehead atoms. The number of rotatable bonds is 6. The molecule has 1 aliphatic rings. The van der Waals surface area contributed by atoms with Crippen molar-refractivity contribution in [2.45, 2.75) is 5.92 Å². The first kappa shape index (κ1) is 19.3. The van der Waals surface area contributed by atoms with Gasteiger partial charge in [-0.3, -0.25) is 0 Å². The normalized spacial score (nSPS) is 12.1. The van der Waals surface area contributed by atoms with Crippen LogP contribution in [-0.4, -0.2) is 19.2 Å². The highest BCUT2D eigenvalue weighted by molar-refractivity contribution is 5.79. The number of carbonyl (C=O) groups is 1. The lowest BCUT2D eigenvalue weighted by Gasteiger charge is -2.14. The summed E-state index contributed by atoms with van der Waals surface area (Å²) in [6, 6.07) is 23.7. The van der Waals surface area contributed by atoms with Crippen LogP contribution >= 0.6 is 0 Å². The molecule has 30 heavy (non-hydrogen) atoms. The first-order valence-corrected chi connectivity index (χ1v) is 9.67. The van der Waals surface area contributed by atoms with Crippen LogP contribution < -0.4 is 5.32 Å². The van der Waals surface area contributed by atoms with E-state index in [-0.39, 0.29) is 12.5 Å². The van der Waals surface area contributed by atoms with E-state index in [1.165, 1.54) is 22.3 Å². The fourth-order valence-electron chi connectivity index (χ4n) is 3.75. The molecule has 0 unspecified atom stereocenters. The van der Waals surface area contributed by atoms with Gasteiger partial charge in [0.25, 0.3) is 0 Å². The summed E-state index contributed by atoms with van der Waals surface area (Å²) in [6.07, 6.45) is 3.12. The summed E-state index contributed by atoms with van der Waals surface area (Å²) >= 11 is 0. The zero-order valence-electron chi connectivity index (χ0n) is 16.2. The third-order valence-electron chi connectivity index (χ3n) is 5.09. The Balaban J connectivity index is 1.34. The maximum absolute atomic E-state index is 12.2. The van der Waals surface area contributed by atoms with Crippen LogP contribution in [-0.2, 0) is 4.74 Å². The molecule has 6 nitrogen and oxygen atoms in total. The predicted molar refractivity (Wildman–Crippen MR) is 117 cm³/mol. The molecule has 1 aliphatic carbocycles. The molecule has 0 radical (unpaired) electrons. The average Bonchev–Trinajstić information content (AvgIpc) is 3.10. The van der Waals surface area contributed by atoms with Gasteiger partial charge in [0.2, 0.25) is 0 Å². The van der Waals surface area contributed by atoms with Gasteiger partial charge in [-0.05, 0) is 33.3 Å². The SMILES string of the molecule is [N-]=[N+]=Nc1ccccc1C=CCNC(=O)OCC1c2ccccc2-c2ccccc21. The molecule has 3 aromatic rings. The Morgan fingerprint density at radius 2 is 1.63 bits per heavy atom. The molecule has 0 saturated heterocycles. The van der Waals surface area contributed by atoms with Crippen molar-refractivity contribution < 1.29 is 9.53 Å². The first-order valence-electron chi connectivity index (χ1n) is 9.67. The molecule has 0 saturated carbocycles. The van der Waals surface area contributed by atoms with Gasteiger partial charge < -0.3 is 10.1 Å². The Labute approximate surface area is 174 Å². The minimum absolute atomic E-state index is 0.0365. The fraction of sp³-hybridized carbons (Fsp3) is 0.125. The summed E-state index contributed by atoms with van der Waals surface area (Å²) in [5.74, 6) is 0.0365. The van der Waals surface area contributed by atoms with E-state index >= 15 is 0 Å². The van der Waals surface area contributed by atoms with Gasteiger partial charge in [0.1, 0.15) is 6.61 Å². The number of carbonyl (C=O) groups excluding carboxylic acids is 1. The molecule has 1 N–H and O–H groups in total. The smallest absolute Gasteiger partial charge is 0.407 e. The van der Waals surface area contributed by atoms with Gasteiger partial charge in [-0.1, -0.05) is 90.1 Å². The zero-order valence-corrected chi connectivity index (χ0v) is 16.2. The molecule has 0 atom stereocenters. The van der Waals surface area contributed by atoms with Crippen molar-refractivity contribution in [1.29, 1.82) is 0 Å². The second-order valence-electron chi connectivity index (χ2n) is 6.86. The first-order chi connectivity index (χ1) is 14.8. The number of amides is 1. The van der Waals surface area contributed by atoms with Gasteiger partial charge in [-0.2, -0.15) is 0 Å². The van der Waals surface area contributed by atoms with Gasteiger partial charge in [0, 0.05) is 23.1 Å². The summed E-state index contributed by atoms with van der Waals surface area (Å²) in [5.41, 5.74) is 14.7. The quantitative estimate of drug-likeness (QED) is 0.306. The third-order valence-corrected chi connectivity index (χ3v) is 5.09. The Bertz CT molecular complexity index is 1100. The molecular formula is C24H20N4O2. The highest BCUT2D eigenvalue weighted by atomic mass is 16.5. The van der Waals surface area contributed by atoms with Crippen LogP contribution in [0.25, 0.3) is 27.6 Å². The van der Waals surface area contributed by atoms with E-state index in [4.69, 9.17) is 10.3 Å². The second kappa shape index (κ2) is 8.99. The Kier molecular flexibility index (Phi) is 5.78. The van der Waals surface area contributed by atoms with E-state index in [0.29, 0.717) is 12.2 Å². The molecule has 3 aromatic carbocycles. The van der Waals surface area contributed by atoms with E-state index in [1.54, 1.807) is 24.3 Å². The average molecular weight is 396 g/mol. The maximum Gasteiger partial charge on any atom is 0.407 e. The Morgan fingerprint density at radius 1 is 1.00 bits per heavy atom. The molecule has 0 fully saturated rings. The van der Waals surface area contributed by atoms with E-state index in [9.17, 15) is 4.79 Å². The number of nitrogens with one attached hydrogen (secondary N) is 1.